The zero-order valence-corrected chi connectivity index (χ0v) is 21.4. The molecule has 1 aliphatic carbocycles. The van der Waals surface area contributed by atoms with E-state index in [1.165, 1.54) is 39.4 Å². The fraction of sp³-hybridized carbons (Fsp3) is 0.300. The van der Waals surface area contributed by atoms with Crippen molar-refractivity contribution in [2.45, 2.75) is 44.7 Å². The fourth-order valence-corrected chi connectivity index (χ4v) is 7.01. The molecule has 4 aromatic rings. The van der Waals surface area contributed by atoms with Crippen LogP contribution in [0.5, 0.6) is 5.75 Å². The van der Waals surface area contributed by atoms with Gasteiger partial charge in [0.2, 0.25) is 0 Å². The Morgan fingerprint density at radius 1 is 1.03 bits per heavy atom. The molecule has 1 atom stereocenters. The van der Waals surface area contributed by atoms with Crippen molar-refractivity contribution in [2.75, 3.05) is 13.7 Å². The largest absolute Gasteiger partial charge is 0.497 e. The SMILES string of the molecule is COc1cccc([C@H]2c3cccn3-c3sc4c(c3CN2C(=O)NCCc2ccccc2)CCCC4)c1. The molecule has 2 amide bonds. The number of aryl methyl sites for hydroxylation is 1. The third-order valence-corrected chi connectivity index (χ3v) is 8.72. The lowest BCUT2D eigenvalue weighted by Gasteiger charge is -2.31. The van der Waals surface area contributed by atoms with Crippen LogP contribution in [0.15, 0.2) is 72.9 Å². The summed E-state index contributed by atoms with van der Waals surface area (Å²) in [7, 11) is 1.69. The third-order valence-electron chi connectivity index (χ3n) is 7.38. The maximum absolute atomic E-state index is 13.9. The summed E-state index contributed by atoms with van der Waals surface area (Å²) in [6.07, 6.45) is 7.68. The molecule has 0 saturated heterocycles. The summed E-state index contributed by atoms with van der Waals surface area (Å²) in [5.74, 6) is 0.798. The number of amides is 2. The van der Waals surface area contributed by atoms with E-state index in [1.54, 1.807) is 7.11 Å². The van der Waals surface area contributed by atoms with E-state index in [2.05, 4.69) is 52.5 Å². The number of hydrogen-bond donors (Lipinski definition) is 1. The van der Waals surface area contributed by atoms with E-state index in [9.17, 15) is 4.79 Å². The molecule has 5 nitrogen and oxygen atoms in total. The van der Waals surface area contributed by atoms with Gasteiger partial charge in [-0.1, -0.05) is 42.5 Å². The van der Waals surface area contributed by atoms with Crippen LogP contribution in [0.25, 0.3) is 5.00 Å². The van der Waals surface area contributed by atoms with E-state index in [-0.39, 0.29) is 12.1 Å². The van der Waals surface area contributed by atoms with Gasteiger partial charge in [0.15, 0.2) is 0 Å². The number of nitrogens with one attached hydrogen (secondary N) is 1. The van der Waals surface area contributed by atoms with E-state index in [0.717, 1.165) is 36.3 Å². The summed E-state index contributed by atoms with van der Waals surface area (Å²) in [5.41, 5.74) is 6.17. The second-order valence-electron chi connectivity index (χ2n) is 9.57. The zero-order chi connectivity index (χ0) is 24.5. The summed E-state index contributed by atoms with van der Waals surface area (Å²) in [6, 6.07) is 22.4. The Kier molecular flexibility index (Phi) is 6.28. The quantitative estimate of drug-likeness (QED) is 0.353. The molecule has 0 saturated carbocycles. The molecule has 2 aromatic heterocycles. The van der Waals surface area contributed by atoms with Gasteiger partial charge in [0, 0.05) is 23.2 Å². The van der Waals surface area contributed by atoms with Crippen molar-refractivity contribution in [1.82, 2.24) is 14.8 Å². The minimum absolute atomic E-state index is 0.0323. The highest BCUT2D eigenvalue weighted by atomic mass is 32.1. The second-order valence-corrected chi connectivity index (χ2v) is 10.7. The van der Waals surface area contributed by atoms with Crippen molar-refractivity contribution >= 4 is 17.4 Å². The van der Waals surface area contributed by atoms with E-state index < -0.39 is 0 Å². The van der Waals surface area contributed by atoms with Crippen LogP contribution in [-0.2, 0) is 25.8 Å². The van der Waals surface area contributed by atoms with Crippen LogP contribution >= 0.6 is 11.3 Å². The number of carbonyl (C=O) groups excluding carboxylic acids is 1. The second kappa shape index (κ2) is 9.86. The fourth-order valence-electron chi connectivity index (χ4n) is 5.61. The molecule has 6 rings (SSSR count). The topological polar surface area (TPSA) is 46.5 Å². The van der Waals surface area contributed by atoms with Crippen LogP contribution in [0.2, 0.25) is 0 Å². The van der Waals surface area contributed by atoms with Gasteiger partial charge >= 0.3 is 6.03 Å². The van der Waals surface area contributed by atoms with Gasteiger partial charge in [0.25, 0.3) is 0 Å². The lowest BCUT2D eigenvalue weighted by Crippen LogP contribution is -2.42. The van der Waals surface area contributed by atoms with Crippen molar-refractivity contribution in [3.63, 3.8) is 0 Å². The average Bonchev–Trinajstić information content (AvgIpc) is 3.51. The van der Waals surface area contributed by atoms with Gasteiger partial charge in [0.05, 0.1) is 25.4 Å². The first-order valence-electron chi connectivity index (χ1n) is 12.8. The number of methoxy groups -OCH3 is 1. The third kappa shape index (κ3) is 4.20. The molecular weight excluding hydrogens is 466 g/mol. The molecule has 0 bridgehead atoms. The minimum atomic E-state index is -0.217. The van der Waals surface area contributed by atoms with Gasteiger partial charge < -0.3 is 19.5 Å². The standard InChI is InChI=1S/C30H31N3O2S/c1-35-23-12-7-11-22(19-23)28-26-14-8-18-32(26)29-25(24-13-5-6-15-27(24)36-29)20-33(28)30(34)31-17-16-21-9-3-2-4-10-21/h2-4,7-12,14,18-19,28H,5-6,13,15-17,20H2,1H3,(H,31,34)/t28-/m0/s1. The van der Waals surface area contributed by atoms with Crippen LogP contribution in [0.4, 0.5) is 4.79 Å². The number of hydrogen-bond acceptors (Lipinski definition) is 3. The molecule has 0 fully saturated rings. The van der Waals surface area contributed by atoms with E-state index in [1.807, 2.05) is 46.6 Å². The van der Waals surface area contributed by atoms with Crippen LogP contribution < -0.4 is 10.1 Å². The minimum Gasteiger partial charge on any atom is -0.497 e. The van der Waals surface area contributed by atoms with Crippen molar-refractivity contribution in [3.05, 3.63) is 106 Å². The normalized spacial score (nSPS) is 16.5. The number of rotatable bonds is 5. The number of fused-ring (bicyclic) bond motifs is 5. The van der Waals surface area contributed by atoms with E-state index in [0.29, 0.717) is 13.1 Å². The van der Waals surface area contributed by atoms with Crippen molar-refractivity contribution in [2.24, 2.45) is 0 Å². The van der Waals surface area contributed by atoms with Gasteiger partial charge in [-0.05, 0) is 73.1 Å². The number of ether oxygens (including phenoxy) is 1. The molecule has 36 heavy (non-hydrogen) atoms. The number of thiophene rings is 1. The van der Waals surface area contributed by atoms with Crippen LogP contribution in [0.1, 0.15) is 51.7 Å². The predicted molar refractivity (Wildman–Crippen MR) is 144 cm³/mol. The Morgan fingerprint density at radius 2 is 1.89 bits per heavy atom. The highest BCUT2D eigenvalue weighted by molar-refractivity contribution is 7.15. The number of nitrogens with zero attached hydrogens (tertiary/aromatic N) is 2. The van der Waals surface area contributed by atoms with Gasteiger partial charge in [-0.2, -0.15) is 0 Å². The molecule has 3 heterocycles. The molecule has 0 unspecified atom stereocenters. The number of carbonyl (C=O) groups is 1. The van der Waals surface area contributed by atoms with Crippen molar-refractivity contribution < 1.29 is 9.53 Å². The Hall–Kier alpha value is -3.51. The van der Waals surface area contributed by atoms with Crippen molar-refractivity contribution in [1.29, 1.82) is 0 Å². The molecule has 1 N–H and O–H groups in total. The summed E-state index contributed by atoms with van der Waals surface area (Å²) in [5, 5.41) is 4.51. The molecule has 184 valence electrons. The molecule has 6 heteroatoms. The Bertz CT molecular complexity index is 1370. The first-order valence-corrected chi connectivity index (χ1v) is 13.6. The number of aromatic nitrogens is 1. The zero-order valence-electron chi connectivity index (χ0n) is 20.6. The Balaban J connectivity index is 1.40. The molecule has 0 radical (unpaired) electrons. The average molecular weight is 498 g/mol. The van der Waals surface area contributed by atoms with Crippen molar-refractivity contribution in [3.8, 4) is 10.8 Å². The maximum atomic E-state index is 13.9. The smallest absolute Gasteiger partial charge is 0.318 e. The van der Waals surface area contributed by atoms with E-state index in [4.69, 9.17) is 4.74 Å². The van der Waals surface area contributed by atoms with Crippen LogP contribution in [0, 0.1) is 0 Å². The first kappa shape index (κ1) is 22.9. The molecule has 2 aliphatic rings. The summed E-state index contributed by atoms with van der Waals surface area (Å²) >= 11 is 1.91. The predicted octanol–water partition coefficient (Wildman–Crippen LogP) is 6.28. The van der Waals surface area contributed by atoms with Crippen LogP contribution in [0.3, 0.4) is 0 Å². The highest BCUT2D eigenvalue weighted by Crippen LogP contribution is 2.44. The summed E-state index contributed by atoms with van der Waals surface area (Å²) in [6.45, 7) is 1.20. The van der Waals surface area contributed by atoms with Gasteiger partial charge in [-0.15, -0.1) is 11.3 Å². The number of benzene rings is 2. The molecule has 0 spiro atoms. The maximum Gasteiger partial charge on any atom is 0.318 e. The highest BCUT2D eigenvalue weighted by Gasteiger charge is 2.36. The lowest BCUT2D eigenvalue weighted by atomic mass is 9.95. The Labute approximate surface area is 216 Å². The molecule has 2 aromatic carbocycles. The lowest BCUT2D eigenvalue weighted by molar-refractivity contribution is 0.180. The van der Waals surface area contributed by atoms with Gasteiger partial charge in [-0.25, -0.2) is 4.79 Å². The first-order chi connectivity index (χ1) is 17.7. The molecule has 1 aliphatic heterocycles. The Morgan fingerprint density at radius 3 is 2.75 bits per heavy atom. The molecular formula is C30H31N3O2S. The monoisotopic (exact) mass is 497 g/mol. The van der Waals surface area contributed by atoms with Gasteiger partial charge in [0.1, 0.15) is 10.8 Å². The number of urea groups is 1. The summed E-state index contributed by atoms with van der Waals surface area (Å²) in [4.78, 5) is 17.4. The summed E-state index contributed by atoms with van der Waals surface area (Å²) < 4.78 is 7.87. The van der Waals surface area contributed by atoms with Crippen LogP contribution in [-0.4, -0.2) is 29.2 Å². The van der Waals surface area contributed by atoms with E-state index >= 15 is 0 Å². The van der Waals surface area contributed by atoms with Gasteiger partial charge in [-0.3, -0.25) is 0 Å².